The van der Waals surface area contributed by atoms with Crippen molar-refractivity contribution in [3.63, 3.8) is 0 Å². The summed E-state index contributed by atoms with van der Waals surface area (Å²) in [5.41, 5.74) is 2.01. The molecular weight excluding hydrogens is 378 g/mol. The summed E-state index contributed by atoms with van der Waals surface area (Å²) in [6.07, 6.45) is 2.76. The van der Waals surface area contributed by atoms with Crippen molar-refractivity contribution in [1.82, 2.24) is 4.98 Å². The summed E-state index contributed by atoms with van der Waals surface area (Å²) in [5.74, 6) is 0.259. The average Bonchev–Trinajstić information content (AvgIpc) is 2.57. The monoisotopic (exact) mass is 389 g/mol. The number of hydrogen-bond acceptors (Lipinski definition) is 4. The predicted molar refractivity (Wildman–Crippen MR) is 91.6 cm³/mol. The highest BCUT2D eigenvalue weighted by Gasteiger charge is 2.16. The minimum atomic E-state index is -3.87. The molecule has 0 aliphatic heterocycles. The second kappa shape index (κ2) is 6.52. The Labute approximate surface area is 143 Å². The van der Waals surface area contributed by atoms with Gasteiger partial charge in [-0.05, 0) is 47.5 Å². The van der Waals surface area contributed by atoms with Gasteiger partial charge >= 0.3 is 10.1 Å². The molecule has 0 aliphatic rings. The molecular formula is C17H12BrNO3S. The zero-order valence-corrected chi connectivity index (χ0v) is 14.3. The van der Waals surface area contributed by atoms with Gasteiger partial charge in [0.2, 0.25) is 0 Å². The van der Waals surface area contributed by atoms with Crippen LogP contribution >= 0.6 is 15.9 Å². The largest absolute Gasteiger partial charge is 0.379 e. The number of nitrogens with zero attached hydrogens (tertiary/aromatic N) is 1. The molecule has 1 aromatic heterocycles. The zero-order valence-electron chi connectivity index (χ0n) is 11.9. The van der Waals surface area contributed by atoms with Gasteiger partial charge in [-0.25, -0.2) is 0 Å². The molecule has 116 valence electrons. The first-order valence-corrected chi connectivity index (χ1v) is 8.95. The predicted octanol–water partition coefficient (Wildman–Crippen LogP) is 4.28. The van der Waals surface area contributed by atoms with E-state index in [1.54, 1.807) is 18.2 Å². The maximum absolute atomic E-state index is 12.1. The van der Waals surface area contributed by atoms with Gasteiger partial charge in [-0.3, -0.25) is 4.98 Å². The second-order valence-electron chi connectivity index (χ2n) is 4.76. The van der Waals surface area contributed by atoms with Crippen LogP contribution in [0.3, 0.4) is 0 Å². The molecule has 2 aromatic carbocycles. The molecule has 6 heteroatoms. The smallest absolute Gasteiger partial charge is 0.340 e. The molecule has 1 heterocycles. The lowest BCUT2D eigenvalue weighted by Gasteiger charge is -2.08. The Balaban J connectivity index is 1.81. The molecule has 23 heavy (non-hydrogen) atoms. The molecule has 0 amide bonds. The molecule has 0 bridgehead atoms. The van der Waals surface area contributed by atoms with E-state index < -0.39 is 10.1 Å². The van der Waals surface area contributed by atoms with Gasteiger partial charge < -0.3 is 4.18 Å². The summed E-state index contributed by atoms with van der Waals surface area (Å²) in [4.78, 5) is 3.82. The maximum Gasteiger partial charge on any atom is 0.340 e. The van der Waals surface area contributed by atoms with Gasteiger partial charge in [0.25, 0.3) is 0 Å². The van der Waals surface area contributed by atoms with Crippen LogP contribution in [0.5, 0.6) is 5.75 Å². The highest BCUT2D eigenvalue weighted by atomic mass is 79.9. The van der Waals surface area contributed by atoms with Crippen molar-refractivity contribution in [2.24, 2.45) is 0 Å². The van der Waals surface area contributed by atoms with Crippen LogP contribution < -0.4 is 4.18 Å². The summed E-state index contributed by atoms with van der Waals surface area (Å²) < 4.78 is 30.4. The third kappa shape index (κ3) is 3.78. The van der Waals surface area contributed by atoms with Crippen molar-refractivity contribution in [3.8, 4) is 16.9 Å². The van der Waals surface area contributed by atoms with Crippen molar-refractivity contribution >= 4 is 26.0 Å². The fourth-order valence-corrected chi connectivity index (χ4v) is 3.18. The zero-order chi connectivity index (χ0) is 16.3. The topological polar surface area (TPSA) is 56.3 Å². The Bertz CT molecular complexity index is 893. The molecule has 0 spiro atoms. The Kier molecular flexibility index (Phi) is 4.45. The van der Waals surface area contributed by atoms with E-state index in [1.807, 2.05) is 36.4 Å². The normalized spacial score (nSPS) is 11.2. The first kappa shape index (κ1) is 15.7. The van der Waals surface area contributed by atoms with E-state index in [1.165, 1.54) is 18.5 Å². The third-order valence-electron chi connectivity index (χ3n) is 3.16. The van der Waals surface area contributed by atoms with Crippen LogP contribution in [-0.4, -0.2) is 13.4 Å². The molecule has 0 N–H and O–H groups in total. The molecule has 0 saturated heterocycles. The van der Waals surface area contributed by atoms with E-state index in [-0.39, 0.29) is 10.6 Å². The van der Waals surface area contributed by atoms with Crippen LogP contribution in [0.2, 0.25) is 0 Å². The van der Waals surface area contributed by atoms with Gasteiger partial charge in [-0.1, -0.05) is 40.2 Å². The molecule has 0 unspecified atom stereocenters. The molecule has 4 nitrogen and oxygen atoms in total. The number of halogens is 1. The van der Waals surface area contributed by atoms with Crippen LogP contribution in [0.1, 0.15) is 0 Å². The fourth-order valence-electron chi connectivity index (χ4n) is 2.02. The van der Waals surface area contributed by atoms with Crippen molar-refractivity contribution in [2.45, 2.75) is 4.90 Å². The Morgan fingerprint density at radius 3 is 2.04 bits per heavy atom. The van der Waals surface area contributed by atoms with Gasteiger partial charge in [0.15, 0.2) is 0 Å². The van der Waals surface area contributed by atoms with E-state index in [2.05, 4.69) is 20.9 Å². The number of benzene rings is 2. The van der Waals surface area contributed by atoms with E-state index in [9.17, 15) is 8.42 Å². The van der Waals surface area contributed by atoms with Crippen molar-refractivity contribution < 1.29 is 12.6 Å². The molecule has 0 aliphatic carbocycles. The van der Waals surface area contributed by atoms with Crippen molar-refractivity contribution in [3.05, 3.63) is 77.5 Å². The van der Waals surface area contributed by atoms with Crippen molar-refractivity contribution in [2.75, 3.05) is 0 Å². The Hall–Kier alpha value is -2.18. The minimum absolute atomic E-state index is 0.0250. The lowest BCUT2D eigenvalue weighted by atomic mass is 10.1. The van der Waals surface area contributed by atoms with E-state index in [4.69, 9.17) is 4.18 Å². The van der Waals surface area contributed by atoms with E-state index >= 15 is 0 Å². The Morgan fingerprint density at radius 1 is 0.870 bits per heavy atom. The number of rotatable bonds is 4. The lowest BCUT2D eigenvalue weighted by molar-refractivity contribution is 0.485. The summed E-state index contributed by atoms with van der Waals surface area (Å²) in [6, 6.07) is 17.7. The number of hydrogen-bond donors (Lipinski definition) is 0. The minimum Gasteiger partial charge on any atom is -0.379 e. The summed E-state index contributed by atoms with van der Waals surface area (Å²) >= 11 is 3.39. The first-order valence-electron chi connectivity index (χ1n) is 6.75. The van der Waals surface area contributed by atoms with Crippen LogP contribution in [0, 0.1) is 0 Å². The van der Waals surface area contributed by atoms with Crippen LogP contribution in [0.15, 0.2) is 82.4 Å². The molecule has 0 saturated carbocycles. The Morgan fingerprint density at radius 2 is 1.48 bits per heavy atom. The quantitative estimate of drug-likeness (QED) is 0.624. The van der Waals surface area contributed by atoms with Gasteiger partial charge in [-0.15, -0.1) is 0 Å². The average molecular weight is 390 g/mol. The van der Waals surface area contributed by atoms with Gasteiger partial charge in [0.1, 0.15) is 10.6 Å². The maximum atomic E-state index is 12.1. The highest BCUT2D eigenvalue weighted by molar-refractivity contribution is 9.10. The lowest BCUT2D eigenvalue weighted by Crippen LogP contribution is -2.09. The standard InChI is InChI=1S/C17H12BrNO3S/c18-15-7-3-13(4-8-15)14-5-9-16(10-6-14)22-23(20,21)17-2-1-11-19-12-17/h1-12H. The highest BCUT2D eigenvalue weighted by Crippen LogP contribution is 2.25. The van der Waals surface area contributed by atoms with Crippen LogP contribution in [-0.2, 0) is 10.1 Å². The van der Waals surface area contributed by atoms with Crippen molar-refractivity contribution in [1.29, 1.82) is 0 Å². The van der Waals surface area contributed by atoms with E-state index in [0.29, 0.717) is 0 Å². The van der Waals surface area contributed by atoms with Gasteiger partial charge in [0, 0.05) is 16.9 Å². The van der Waals surface area contributed by atoms with Gasteiger partial charge in [0.05, 0.1) is 0 Å². The molecule has 0 radical (unpaired) electrons. The molecule has 3 aromatic rings. The number of pyridine rings is 1. The van der Waals surface area contributed by atoms with Crippen LogP contribution in [0.25, 0.3) is 11.1 Å². The summed E-state index contributed by atoms with van der Waals surface area (Å²) in [6.45, 7) is 0. The fraction of sp³-hybridized carbons (Fsp3) is 0. The van der Waals surface area contributed by atoms with E-state index in [0.717, 1.165) is 15.6 Å². The first-order chi connectivity index (χ1) is 11.0. The summed E-state index contributed by atoms with van der Waals surface area (Å²) in [7, 11) is -3.87. The second-order valence-corrected chi connectivity index (χ2v) is 7.22. The molecule has 0 atom stereocenters. The van der Waals surface area contributed by atoms with Gasteiger partial charge in [-0.2, -0.15) is 8.42 Å². The third-order valence-corrected chi connectivity index (χ3v) is 4.92. The SMILES string of the molecule is O=S(=O)(Oc1ccc(-c2ccc(Br)cc2)cc1)c1cccnc1. The number of aromatic nitrogens is 1. The summed E-state index contributed by atoms with van der Waals surface area (Å²) in [5, 5.41) is 0. The molecule has 3 rings (SSSR count). The van der Waals surface area contributed by atoms with Crippen LogP contribution in [0.4, 0.5) is 0 Å². The molecule has 0 fully saturated rings.